The van der Waals surface area contributed by atoms with Gasteiger partial charge < -0.3 is 32.7 Å². The lowest BCUT2D eigenvalue weighted by molar-refractivity contribution is 0.248. The Balaban J connectivity index is 0.000000161. The van der Waals surface area contributed by atoms with E-state index in [9.17, 15) is 5.11 Å². The largest absolute Gasteiger partial charge is 0.394 e. The van der Waals surface area contributed by atoms with E-state index < -0.39 is 0 Å². The van der Waals surface area contributed by atoms with Crippen LogP contribution in [0.3, 0.4) is 0 Å². The normalized spacial score (nSPS) is 14.0. The van der Waals surface area contributed by atoms with Gasteiger partial charge in [-0.1, -0.05) is 72.8 Å². The molecule has 0 unspecified atom stereocenters. The second-order valence-corrected chi connectivity index (χ2v) is 9.48. The molecular formula is C31H36N8O2. The molecule has 212 valence electrons. The summed E-state index contributed by atoms with van der Waals surface area (Å²) in [5, 5.41) is 21.6. The van der Waals surface area contributed by atoms with Crippen molar-refractivity contribution in [3.8, 4) is 0 Å². The number of nitrogens with two attached hydrogens (primary N) is 3. The zero-order valence-electron chi connectivity index (χ0n) is 22.8. The van der Waals surface area contributed by atoms with E-state index in [0.717, 1.165) is 52.1 Å². The third-order valence-corrected chi connectivity index (χ3v) is 6.79. The van der Waals surface area contributed by atoms with Crippen molar-refractivity contribution in [2.24, 2.45) is 5.73 Å². The molecule has 2 heterocycles. The van der Waals surface area contributed by atoms with E-state index in [1.165, 1.54) is 12.7 Å². The van der Waals surface area contributed by atoms with Crippen molar-refractivity contribution < 1.29 is 10.2 Å². The third-order valence-electron chi connectivity index (χ3n) is 6.79. The minimum Gasteiger partial charge on any atom is -0.394 e. The summed E-state index contributed by atoms with van der Waals surface area (Å²) >= 11 is 0. The fourth-order valence-corrected chi connectivity index (χ4v) is 4.48. The van der Waals surface area contributed by atoms with Gasteiger partial charge in [-0.3, -0.25) is 0 Å². The molecule has 2 aliphatic carbocycles. The first kappa shape index (κ1) is 29.5. The van der Waals surface area contributed by atoms with E-state index in [4.69, 9.17) is 22.3 Å². The number of rotatable bonds is 7. The minimum absolute atomic E-state index is 0.00398. The van der Waals surface area contributed by atoms with Crippen LogP contribution < -0.4 is 22.5 Å². The van der Waals surface area contributed by atoms with Gasteiger partial charge in [0.25, 0.3) is 0 Å². The molecule has 41 heavy (non-hydrogen) atoms. The first-order chi connectivity index (χ1) is 20.0. The topological polar surface area (TPSA) is 182 Å². The summed E-state index contributed by atoms with van der Waals surface area (Å²) in [6.07, 6.45) is 10.7. The van der Waals surface area contributed by atoms with Crippen LogP contribution in [-0.2, 0) is 12.8 Å². The average Bonchev–Trinajstić information content (AvgIpc) is 3.68. The summed E-state index contributed by atoms with van der Waals surface area (Å²) in [6, 6.07) is 19.1. The Morgan fingerprint density at radius 3 is 2.02 bits per heavy atom. The number of nitrogen functional groups attached to an aromatic ring is 2. The maximum atomic E-state index is 9.57. The lowest BCUT2D eigenvalue weighted by Crippen LogP contribution is -2.26. The summed E-state index contributed by atoms with van der Waals surface area (Å²) in [6.45, 7) is 0.698. The first-order valence-electron chi connectivity index (χ1n) is 13.4. The highest BCUT2D eigenvalue weighted by Crippen LogP contribution is 2.28. The maximum absolute atomic E-state index is 9.57. The molecule has 2 aromatic carbocycles. The highest BCUT2D eigenvalue weighted by molar-refractivity contribution is 5.74. The average molecular weight is 553 g/mol. The van der Waals surface area contributed by atoms with Gasteiger partial charge in [0.15, 0.2) is 0 Å². The molecule has 0 amide bonds. The molecule has 4 aromatic rings. The van der Waals surface area contributed by atoms with Crippen molar-refractivity contribution >= 4 is 23.3 Å². The van der Waals surface area contributed by atoms with Crippen LogP contribution in [0.2, 0.25) is 0 Å². The van der Waals surface area contributed by atoms with Crippen LogP contribution in [0.5, 0.6) is 0 Å². The number of aromatic nitrogens is 4. The molecule has 0 bridgehead atoms. The Bertz CT molecular complexity index is 1460. The van der Waals surface area contributed by atoms with Crippen LogP contribution in [0.15, 0.2) is 85.5 Å². The van der Waals surface area contributed by atoms with E-state index in [1.807, 2.05) is 72.8 Å². The van der Waals surface area contributed by atoms with Crippen LogP contribution in [0.4, 0.5) is 11.6 Å². The summed E-state index contributed by atoms with van der Waals surface area (Å²) in [5.74, 6) is 1.16. The number of hydrogen-bond acceptors (Lipinski definition) is 10. The number of anilines is 2. The van der Waals surface area contributed by atoms with Crippen LogP contribution in [-0.4, -0.2) is 49.9 Å². The second kappa shape index (κ2) is 14.8. The summed E-state index contributed by atoms with van der Waals surface area (Å²) in [4.78, 5) is 16.3. The maximum Gasteiger partial charge on any atom is 0.130 e. The van der Waals surface area contributed by atoms with Gasteiger partial charge >= 0.3 is 0 Å². The molecule has 2 atom stereocenters. The smallest absolute Gasteiger partial charge is 0.130 e. The zero-order valence-corrected chi connectivity index (χ0v) is 22.8. The molecule has 0 spiro atoms. The van der Waals surface area contributed by atoms with Gasteiger partial charge in [-0.2, -0.15) is 0 Å². The van der Waals surface area contributed by atoms with Gasteiger partial charge in [-0.15, -0.1) is 0 Å². The molecule has 2 aromatic heterocycles. The SMILES string of the molecule is N[C@H](CO)c1ccccc1.Nc1ncnc2c1CC=C2.Nc1ncnc2c1CC=C2CN[C@H](CO)c1ccccc1. The zero-order chi connectivity index (χ0) is 29.0. The summed E-state index contributed by atoms with van der Waals surface area (Å²) in [5.41, 5.74) is 24.1. The number of hydrogen-bond donors (Lipinski definition) is 6. The van der Waals surface area contributed by atoms with Gasteiger partial charge in [-0.05, 0) is 35.6 Å². The first-order valence-corrected chi connectivity index (χ1v) is 13.4. The van der Waals surface area contributed by atoms with Crippen LogP contribution in [0.1, 0.15) is 45.7 Å². The van der Waals surface area contributed by atoms with Crippen molar-refractivity contribution in [3.05, 3.63) is 119 Å². The van der Waals surface area contributed by atoms with E-state index in [0.29, 0.717) is 18.2 Å². The molecule has 0 saturated carbocycles. The predicted octanol–water partition coefficient (Wildman–Crippen LogP) is 2.63. The fraction of sp³-hybridized carbons (Fsp3) is 0.226. The summed E-state index contributed by atoms with van der Waals surface area (Å²) in [7, 11) is 0. The van der Waals surface area contributed by atoms with Gasteiger partial charge in [0.2, 0.25) is 0 Å². The van der Waals surface area contributed by atoms with Crippen molar-refractivity contribution in [1.29, 1.82) is 0 Å². The Kier molecular flexibility index (Phi) is 10.6. The number of aliphatic hydroxyl groups is 2. The van der Waals surface area contributed by atoms with Crippen LogP contribution in [0.25, 0.3) is 11.6 Å². The molecule has 0 saturated heterocycles. The molecule has 9 N–H and O–H groups in total. The Hall–Kier alpha value is -4.48. The van der Waals surface area contributed by atoms with Crippen molar-refractivity contribution in [1.82, 2.24) is 25.3 Å². The number of benzene rings is 2. The molecule has 10 heteroatoms. The predicted molar refractivity (Wildman–Crippen MR) is 162 cm³/mol. The highest BCUT2D eigenvalue weighted by Gasteiger charge is 2.19. The van der Waals surface area contributed by atoms with E-state index in [-0.39, 0.29) is 25.3 Å². The van der Waals surface area contributed by atoms with Gasteiger partial charge in [0, 0.05) is 17.7 Å². The third kappa shape index (κ3) is 7.80. The Labute approximate surface area is 239 Å². The monoisotopic (exact) mass is 552 g/mol. The Morgan fingerprint density at radius 1 is 0.756 bits per heavy atom. The molecule has 0 radical (unpaired) electrons. The molecule has 6 rings (SSSR count). The standard InChI is InChI=1S/C16H18N4O.C8H11NO.C7H7N3/c17-16-13-7-6-12(15(13)19-10-20-16)8-18-14(9-21)11-4-2-1-3-5-11;9-8(6-10)7-4-2-1-3-5-7;8-7-5-2-1-3-6(5)9-4-10-7/h1-6,10,14,18,21H,7-9H2,(H2,17,19,20);1-5,8,10H,6,9H2;1,3-4H,2H2,(H2,8,9,10)/t14-;8-;/m11./s1. The van der Waals surface area contributed by atoms with Gasteiger partial charge in [0.05, 0.1) is 36.7 Å². The fourth-order valence-electron chi connectivity index (χ4n) is 4.48. The highest BCUT2D eigenvalue weighted by atomic mass is 16.3. The number of aliphatic hydroxyl groups excluding tert-OH is 2. The van der Waals surface area contributed by atoms with Gasteiger partial charge in [-0.25, -0.2) is 19.9 Å². The van der Waals surface area contributed by atoms with Gasteiger partial charge in [0.1, 0.15) is 24.3 Å². The molecule has 0 aliphatic heterocycles. The lowest BCUT2D eigenvalue weighted by atomic mass is 10.1. The number of nitrogens with zero attached hydrogens (tertiary/aromatic N) is 4. The van der Waals surface area contributed by atoms with Crippen LogP contribution >= 0.6 is 0 Å². The van der Waals surface area contributed by atoms with E-state index in [2.05, 4.69) is 31.3 Å². The minimum atomic E-state index is -0.235. The van der Waals surface area contributed by atoms with E-state index in [1.54, 1.807) is 0 Å². The number of nitrogens with one attached hydrogen (secondary N) is 1. The quantitative estimate of drug-likeness (QED) is 0.199. The lowest BCUT2D eigenvalue weighted by Gasteiger charge is -2.17. The van der Waals surface area contributed by atoms with Crippen LogP contribution in [0, 0.1) is 0 Å². The Morgan fingerprint density at radius 2 is 1.39 bits per heavy atom. The summed E-state index contributed by atoms with van der Waals surface area (Å²) < 4.78 is 0. The van der Waals surface area contributed by atoms with Crippen molar-refractivity contribution in [2.45, 2.75) is 24.9 Å². The second-order valence-electron chi connectivity index (χ2n) is 9.48. The molecule has 2 aliphatic rings. The molecule has 0 fully saturated rings. The molecule has 10 nitrogen and oxygen atoms in total. The molecular weight excluding hydrogens is 516 g/mol. The van der Waals surface area contributed by atoms with E-state index >= 15 is 0 Å². The number of fused-ring (bicyclic) bond motifs is 2. The van der Waals surface area contributed by atoms with Crippen molar-refractivity contribution in [2.75, 3.05) is 31.2 Å². The van der Waals surface area contributed by atoms with Crippen molar-refractivity contribution in [3.63, 3.8) is 0 Å². The number of allylic oxidation sites excluding steroid dienone is 2.